The molecule has 2 aromatic carbocycles. The van der Waals surface area contributed by atoms with Crippen LogP contribution in [-0.2, 0) is 6.42 Å². The van der Waals surface area contributed by atoms with Gasteiger partial charge in [-0.1, -0.05) is 24.3 Å². The second-order valence-corrected chi connectivity index (χ2v) is 6.56. The number of halogens is 1. The first-order chi connectivity index (χ1) is 11.2. The Labute approximate surface area is 135 Å². The summed E-state index contributed by atoms with van der Waals surface area (Å²) in [6.45, 7) is 0. The van der Waals surface area contributed by atoms with E-state index in [0.717, 1.165) is 32.1 Å². The van der Waals surface area contributed by atoms with Gasteiger partial charge in [0, 0.05) is 11.6 Å². The van der Waals surface area contributed by atoms with Gasteiger partial charge in [-0.25, -0.2) is 4.39 Å². The number of benzene rings is 2. The van der Waals surface area contributed by atoms with Crippen LogP contribution in [0.5, 0.6) is 0 Å². The summed E-state index contributed by atoms with van der Waals surface area (Å²) in [6, 6.07) is 14.9. The van der Waals surface area contributed by atoms with Crippen LogP contribution >= 0.6 is 0 Å². The third-order valence-corrected chi connectivity index (χ3v) is 4.94. The molecule has 1 fully saturated rings. The van der Waals surface area contributed by atoms with E-state index in [1.165, 1.54) is 23.3 Å². The molecule has 1 atom stereocenters. The highest BCUT2D eigenvalue weighted by atomic mass is 19.1. The minimum Gasteiger partial charge on any atom is -0.329 e. The van der Waals surface area contributed by atoms with Crippen LogP contribution in [0.15, 0.2) is 48.5 Å². The van der Waals surface area contributed by atoms with Gasteiger partial charge >= 0.3 is 0 Å². The Morgan fingerprint density at radius 2 is 1.74 bits per heavy atom. The molecule has 1 unspecified atom stereocenters. The SMILES string of the molecule is O=C(c1ccc(F)cc1)N(C1CC1)C1CCCc2ccccc21. The summed E-state index contributed by atoms with van der Waals surface area (Å²) in [6.07, 6.45) is 5.37. The molecule has 2 aliphatic rings. The summed E-state index contributed by atoms with van der Waals surface area (Å²) in [5.74, 6) is -0.267. The molecule has 2 nitrogen and oxygen atoms in total. The van der Waals surface area contributed by atoms with Gasteiger partial charge in [0.05, 0.1) is 6.04 Å². The molecular formula is C20H20FNO. The molecule has 4 rings (SSSR count). The summed E-state index contributed by atoms with van der Waals surface area (Å²) in [5, 5.41) is 0. The number of nitrogens with zero attached hydrogens (tertiary/aromatic N) is 1. The van der Waals surface area contributed by atoms with Crippen LogP contribution in [-0.4, -0.2) is 16.8 Å². The third kappa shape index (κ3) is 2.76. The molecule has 0 aliphatic heterocycles. The van der Waals surface area contributed by atoms with E-state index in [2.05, 4.69) is 29.2 Å². The highest BCUT2D eigenvalue weighted by Crippen LogP contribution is 2.41. The van der Waals surface area contributed by atoms with E-state index in [-0.39, 0.29) is 17.8 Å². The number of hydrogen-bond acceptors (Lipinski definition) is 1. The van der Waals surface area contributed by atoms with Crippen LogP contribution < -0.4 is 0 Å². The predicted octanol–water partition coefficient (Wildman–Crippen LogP) is 4.51. The highest BCUT2D eigenvalue weighted by Gasteiger charge is 2.39. The molecule has 2 aromatic rings. The van der Waals surface area contributed by atoms with Crippen molar-refractivity contribution in [2.45, 2.75) is 44.2 Å². The van der Waals surface area contributed by atoms with Crippen LogP contribution in [0.25, 0.3) is 0 Å². The molecule has 0 saturated heterocycles. The fourth-order valence-corrected chi connectivity index (χ4v) is 3.67. The molecule has 1 amide bonds. The molecule has 0 bridgehead atoms. The lowest BCUT2D eigenvalue weighted by molar-refractivity contribution is 0.0638. The van der Waals surface area contributed by atoms with E-state index in [0.29, 0.717) is 11.6 Å². The van der Waals surface area contributed by atoms with Crippen molar-refractivity contribution in [1.29, 1.82) is 0 Å². The summed E-state index contributed by atoms with van der Waals surface area (Å²) in [7, 11) is 0. The van der Waals surface area contributed by atoms with Crippen LogP contribution in [0.4, 0.5) is 4.39 Å². The van der Waals surface area contributed by atoms with Crippen molar-refractivity contribution in [1.82, 2.24) is 4.90 Å². The molecule has 1 saturated carbocycles. The Bertz CT molecular complexity index is 721. The Kier molecular flexibility index (Phi) is 3.64. The summed E-state index contributed by atoms with van der Waals surface area (Å²) >= 11 is 0. The number of hydrogen-bond donors (Lipinski definition) is 0. The average Bonchev–Trinajstić information content (AvgIpc) is 3.41. The van der Waals surface area contributed by atoms with E-state index < -0.39 is 0 Å². The van der Waals surface area contributed by atoms with Gasteiger partial charge in [0.15, 0.2) is 0 Å². The molecule has 0 aromatic heterocycles. The van der Waals surface area contributed by atoms with Gasteiger partial charge in [0.2, 0.25) is 0 Å². The van der Waals surface area contributed by atoms with Crippen molar-refractivity contribution in [2.24, 2.45) is 0 Å². The first-order valence-electron chi connectivity index (χ1n) is 8.40. The number of carbonyl (C=O) groups excluding carboxylic acids is 1. The summed E-state index contributed by atoms with van der Waals surface area (Å²) in [5.41, 5.74) is 3.24. The van der Waals surface area contributed by atoms with E-state index in [9.17, 15) is 9.18 Å². The average molecular weight is 309 g/mol. The van der Waals surface area contributed by atoms with Gasteiger partial charge in [-0.3, -0.25) is 4.79 Å². The zero-order chi connectivity index (χ0) is 15.8. The number of carbonyl (C=O) groups is 1. The van der Waals surface area contributed by atoms with Gasteiger partial charge in [0.1, 0.15) is 5.82 Å². The number of aryl methyl sites for hydroxylation is 1. The van der Waals surface area contributed by atoms with Crippen molar-refractivity contribution in [2.75, 3.05) is 0 Å². The molecule has 0 spiro atoms. The third-order valence-electron chi connectivity index (χ3n) is 4.94. The Hall–Kier alpha value is -2.16. The molecule has 0 N–H and O–H groups in total. The smallest absolute Gasteiger partial charge is 0.254 e. The van der Waals surface area contributed by atoms with Crippen molar-refractivity contribution < 1.29 is 9.18 Å². The van der Waals surface area contributed by atoms with Crippen LogP contribution in [0.1, 0.15) is 53.2 Å². The largest absolute Gasteiger partial charge is 0.329 e. The van der Waals surface area contributed by atoms with Gasteiger partial charge in [-0.15, -0.1) is 0 Å². The number of fused-ring (bicyclic) bond motifs is 1. The molecule has 2 aliphatic carbocycles. The summed E-state index contributed by atoms with van der Waals surface area (Å²) in [4.78, 5) is 15.1. The quantitative estimate of drug-likeness (QED) is 0.817. The van der Waals surface area contributed by atoms with E-state index in [1.54, 1.807) is 12.1 Å². The van der Waals surface area contributed by atoms with E-state index in [1.807, 2.05) is 0 Å². The van der Waals surface area contributed by atoms with Gasteiger partial charge in [-0.2, -0.15) is 0 Å². The van der Waals surface area contributed by atoms with E-state index >= 15 is 0 Å². The fraction of sp³-hybridized carbons (Fsp3) is 0.350. The first kappa shape index (κ1) is 14.4. The van der Waals surface area contributed by atoms with Crippen molar-refractivity contribution in [3.63, 3.8) is 0 Å². The topological polar surface area (TPSA) is 20.3 Å². The van der Waals surface area contributed by atoms with Crippen molar-refractivity contribution in [3.05, 3.63) is 71.0 Å². The summed E-state index contributed by atoms with van der Waals surface area (Å²) < 4.78 is 13.1. The maximum atomic E-state index is 13.1. The fourth-order valence-electron chi connectivity index (χ4n) is 3.67. The Morgan fingerprint density at radius 3 is 2.48 bits per heavy atom. The molecule has 3 heteroatoms. The molecule has 118 valence electrons. The van der Waals surface area contributed by atoms with Crippen molar-refractivity contribution in [3.8, 4) is 0 Å². The number of amides is 1. The van der Waals surface area contributed by atoms with Crippen LogP contribution in [0.2, 0.25) is 0 Å². The lowest BCUT2D eigenvalue weighted by atomic mass is 9.86. The van der Waals surface area contributed by atoms with Crippen LogP contribution in [0, 0.1) is 5.82 Å². The maximum absolute atomic E-state index is 13.1. The molecule has 0 heterocycles. The second-order valence-electron chi connectivity index (χ2n) is 6.56. The minimum atomic E-state index is -0.303. The van der Waals surface area contributed by atoms with Gasteiger partial charge < -0.3 is 4.90 Å². The van der Waals surface area contributed by atoms with Crippen LogP contribution in [0.3, 0.4) is 0 Å². The molecular weight excluding hydrogens is 289 g/mol. The number of rotatable bonds is 3. The van der Waals surface area contributed by atoms with Crippen molar-refractivity contribution >= 4 is 5.91 Å². The Balaban J connectivity index is 1.69. The zero-order valence-corrected chi connectivity index (χ0v) is 13.0. The molecule has 0 radical (unpaired) electrons. The molecule has 23 heavy (non-hydrogen) atoms. The normalized spacial score (nSPS) is 20.0. The minimum absolute atomic E-state index is 0.0363. The lowest BCUT2D eigenvalue weighted by Gasteiger charge is -2.36. The predicted molar refractivity (Wildman–Crippen MR) is 87.7 cm³/mol. The maximum Gasteiger partial charge on any atom is 0.254 e. The van der Waals surface area contributed by atoms with Gasteiger partial charge in [-0.05, 0) is 67.5 Å². The van der Waals surface area contributed by atoms with Gasteiger partial charge in [0.25, 0.3) is 5.91 Å². The zero-order valence-electron chi connectivity index (χ0n) is 13.0. The highest BCUT2D eigenvalue weighted by molar-refractivity contribution is 5.95. The standard InChI is InChI=1S/C20H20FNO/c21-16-10-8-15(9-11-16)20(23)22(17-12-13-17)19-7-3-5-14-4-1-2-6-18(14)19/h1-2,4,6,8-11,17,19H,3,5,7,12-13H2. The van der Waals surface area contributed by atoms with E-state index in [4.69, 9.17) is 0 Å². The Morgan fingerprint density at radius 1 is 1.00 bits per heavy atom. The first-order valence-corrected chi connectivity index (χ1v) is 8.40. The second kappa shape index (κ2) is 5.80. The monoisotopic (exact) mass is 309 g/mol. The lowest BCUT2D eigenvalue weighted by Crippen LogP contribution is -2.38.